The van der Waals surface area contributed by atoms with Gasteiger partial charge in [0.2, 0.25) is 0 Å². The average Bonchev–Trinajstić information content (AvgIpc) is 3.19. The Balaban J connectivity index is 0.00000272. The molecule has 4 rings (SSSR count). The number of aromatic hydroxyl groups is 1. The lowest BCUT2D eigenvalue weighted by molar-refractivity contribution is -0.856. The zero-order chi connectivity index (χ0) is 21.1. The van der Waals surface area contributed by atoms with E-state index in [1.165, 1.54) is 9.70 Å². The summed E-state index contributed by atoms with van der Waals surface area (Å²) < 4.78 is 0. The fraction of sp³-hybridized carbons (Fsp3) is 0.174. The first-order valence-corrected chi connectivity index (χ1v) is 9.84. The molecule has 0 bridgehead atoms. The van der Waals surface area contributed by atoms with E-state index in [1.54, 1.807) is 35.2 Å². The maximum atomic E-state index is 13.2. The Morgan fingerprint density at radius 1 is 0.968 bits per heavy atom. The number of halogens is 1. The number of fused-ring (bicyclic) bond motifs is 1. The van der Waals surface area contributed by atoms with E-state index in [1.807, 2.05) is 56.6 Å². The molecule has 8 heteroatoms. The molecule has 7 nitrogen and oxygen atoms in total. The van der Waals surface area contributed by atoms with Crippen LogP contribution in [0, 0.1) is 0 Å². The summed E-state index contributed by atoms with van der Waals surface area (Å²) in [7, 11) is 4.10. The first-order valence-electron chi connectivity index (χ1n) is 9.84. The summed E-state index contributed by atoms with van der Waals surface area (Å²) in [5, 5.41) is 19.4. The van der Waals surface area contributed by atoms with Crippen LogP contribution in [0.25, 0.3) is 16.7 Å². The van der Waals surface area contributed by atoms with Gasteiger partial charge < -0.3 is 27.3 Å². The molecular formula is C23H24ClN5O2. The summed E-state index contributed by atoms with van der Waals surface area (Å²) in [4.78, 5) is 17.6. The fourth-order valence-corrected chi connectivity index (χ4v) is 3.23. The highest BCUT2D eigenvalue weighted by Gasteiger charge is 2.20. The van der Waals surface area contributed by atoms with Gasteiger partial charge in [0.25, 0.3) is 5.91 Å². The van der Waals surface area contributed by atoms with Gasteiger partial charge in [0.05, 0.1) is 27.2 Å². The number of nitrogens with zero attached hydrogens (tertiary/aromatic N) is 4. The Morgan fingerprint density at radius 2 is 1.58 bits per heavy atom. The number of hydrogen-bond acceptors (Lipinski definition) is 4. The minimum Gasteiger partial charge on any atom is -1.00 e. The number of carbonyl (C=O) groups excluding carboxylic acids is 1. The molecule has 0 aliphatic heterocycles. The minimum atomic E-state index is -0.0907. The fourth-order valence-electron chi connectivity index (χ4n) is 3.23. The monoisotopic (exact) mass is 437 g/mol. The molecule has 1 amide bonds. The number of rotatable bonds is 6. The van der Waals surface area contributed by atoms with Crippen LogP contribution in [0.4, 0.5) is 5.69 Å². The van der Waals surface area contributed by atoms with Crippen molar-refractivity contribution < 1.29 is 27.2 Å². The highest BCUT2D eigenvalue weighted by Crippen LogP contribution is 2.28. The van der Waals surface area contributed by atoms with Crippen molar-refractivity contribution in [2.24, 2.45) is 0 Å². The van der Waals surface area contributed by atoms with E-state index in [2.05, 4.69) is 10.2 Å². The molecule has 1 heterocycles. The van der Waals surface area contributed by atoms with Gasteiger partial charge in [-0.15, -0.1) is 15.0 Å². The predicted octanol–water partition coefficient (Wildman–Crippen LogP) is -1.08. The SMILES string of the molecule is C[NH+](C)CCN(C(=O)c1ccccc1)c1ccc(O)c(-n2nc3ccccc3n2)c1.[Cl-]. The van der Waals surface area contributed by atoms with Crippen molar-refractivity contribution in [3.05, 3.63) is 78.4 Å². The molecule has 0 aliphatic rings. The van der Waals surface area contributed by atoms with Gasteiger partial charge in [-0.05, 0) is 42.5 Å². The summed E-state index contributed by atoms with van der Waals surface area (Å²) in [6.45, 7) is 1.31. The van der Waals surface area contributed by atoms with Gasteiger partial charge in [0.1, 0.15) is 22.5 Å². The van der Waals surface area contributed by atoms with E-state index < -0.39 is 0 Å². The molecule has 0 unspecified atom stereocenters. The molecular weight excluding hydrogens is 414 g/mol. The predicted molar refractivity (Wildman–Crippen MR) is 116 cm³/mol. The van der Waals surface area contributed by atoms with E-state index >= 15 is 0 Å². The van der Waals surface area contributed by atoms with Crippen molar-refractivity contribution in [2.45, 2.75) is 0 Å². The second-order valence-corrected chi connectivity index (χ2v) is 7.43. The Hall–Kier alpha value is -3.42. The van der Waals surface area contributed by atoms with Crippen LogP contribution in [-0.2, 0) is 0 Å². The van der Waals surface area contributed by atoms with Crippen LogP contribution >= 0.6 is 0 Å². The third kappa shape index (κ3) is 4.84. The Labute approximate surface area is 186 Å². The topological polar surface area (TPSA) is 75.7 Å². The lowest BCUT2D eigenvalue weighted by atomic mass is 10.1. The van der Waals surface area contributed by atoms with Crippen molar-refractivity contribution in [2.75, 3.05) is 32.1 Å². The molecule has 2 N–H and O–H groups in total. The van der Waals surface area contributed by atoms with Crippen molar-refractivity contribution in [3.8, 4) is 11.4 Å². The number of quaternary nitrogens is 1. The number of amides is 1. The van der Waals surface area contributed by atoms with Crippen molar-refractivity contribution in [3.63, 3.8) is 0 Å². The smallest absolute Gasteiger partial charge is 0.258 e. The molecule has 0 aliphatic carbocycles. The summed E-state index contributed by atoms with van der Waals surface area (Å²) in [6, 6.07) is 21.8. The number of nitrogens with one attached hydrogen (secondary N) is 1. The summed E-state index contributed by atoms with van der Waals surface area (Å²) in [5.74, 6) is -0.0449. The first kappa shape index (κ1) is 22.3. The normalized spacial score (nSPS) is 10.8. The van der Waals surface area contributed by atoms with Gasteiger partial charge in [0.15, 0.2) is 0 Å². The number of carbonyl (C=O) groups is 1. The van der Waals surface area contributed by atoms with Crippen LogP contribution in [0.5, 0.6) is 5.75 Å². The average molecular weight is 438 g/mol. The molecule has 1 aromatic heterocycles. The third-order valence-corrected chi connectivity index (χ3v) is 4.87. The van der Waals surface area contributed by atoms with E-state index in [-0.39, 0.29) is 24.1 Å². The highest BCUT2D eigenvalue weighted by atomic mass is 35.5. The van der Waals surface area contributed by atoms with Crippen molar-refractivity contribution in [1.82, 2.24) is 15.0 Å². The van der Waals surface area contributed by atoms with E-state index in [9.17, 15) is 9.90 Å². The minimum absolute atomic E-state index is 0. The van der Waals surface area contributed by atoms with Crippen molar-refractivity contribution in [1.29, 1.82) is 0 Å². The van der Waals surface area contributed by atoms with Crippen LogP contribution in [0.2, 0.25) is 0 Å². The van der Waals surface area contributed by atoms with E-state index in [4.69, 9.17) is 0 Å². The Morgan fingerprint density at radius 3 is 2.19 bits per heavy atom. The molecule has 0 fully saturated rings. The Bertz CT molecular complexity index is 1140. The van der Waals surface area contributed by atoms with Gasteiger partial charge in [-0.25, -0.2) is 0 Å². The first-order chi connectivity index (χ1) is 14.5. The quantitative estimate of drug-likeness (QED) is 0.402. The number of phenols is 1. The van der Waals surface area contributed by atoms with Crippen LogP contribution in [0.15, 0.2) is 72.8 Å². The zero-order valence-electron chi connectivity index (χ0n) is 17.4. The van der Waals surface area contributed by atoms with Crippen LogP contribution in [-0.4, -0.2) is 53.2 Å². The van der Waals surface area contributed by atoms with Gasteiger partial charge in [-0.3, -0.25) is 4.79 Å². The third-order valence-electron chi connectivity index (χ3n) is 4.87. The summed E-state index contributed by atoms with van der Waals surface area (Å²) in [6.07, 6.45) is 0. The number of aromatic nitrogens is 3. The molecule has 0 radical (unpaired) electrons. The van der Waals surface area contributed by atoms with E-state index in [0.717, 1.165) is 17.6 Å². The standard InChI is InChI=1S/C23H23N5O2.ClH/c1-26(2)14-15-27(23(30)17-8-4-3-5-9-17)18-12-13-22(29)21(16-18)28-24-19-10-6-7-11-20(19)25-28;/h3-13,16,29H,14-15H2,1-2H3;1H. The molecule has 0 saturated heterocycles. The van der Waals surface area contributed by atoms with Gasteiger partial charge in [0, 0.05) is 11.3 Å². The summed E-state index contributed by atoms with van der Waals surface area (Å²) >= 11 is 0. The van der Waals surface area contributed by atoms with Gasteiger partial charge in [-0.2, -0.15) is 0 Å². The molecule has 31 heavy (non-hydrogen) atoms. The van der Waals surface area contributed by atoms with Gasteiger partial charge in [-0.1, -0.05) is 30.3 Å². The van der Waals surface area contributed by atoms with Crippen LogP contribution in [0.3, 0.4) is 0 Å². The largest absolute Gasteiger partial charge is 1.00 e. The zero-order valence-corrected chi connectivity index (χ0v) is 18.1. The van der Waals surface area contributed by atoms with Crippen LogP contribution < -0.4 is 22.2 Å². The highest BCUT2D eigenvalue weighted by molar-refractivity contribution is 6.06. The second-order valence-electron chi connectivity index (χ2n) is 7.43. The van der Waals surface area contributed by atoms with Crippen LogP contribution in [0.1, 0.15) is 10.4 Å². The number of anilines is 1. The molecule has 0 spiro atoms. The van der Waals surface area contributed by atoms with E-state index in [0.29, 0.717) is 23.5 Å². The summed E-state index contributed by atoms with van der Waals surface area (Å²) in [5.41, 5.74) is 3.18. The maximum Gasteiger partial charge on any atom is 0.258 e. The van der Waals surface area contributed by atoms with Gasteiger partial charge >= 0.3 is 0 Å². The number of benzene rings is 3. The second kappa shape index (κ2) is 9.59. The molecule has 0 atom stereocenters. The number of hydrogen-bond donors (Lipinski definition) is 2. The number of phenolic OH excluding ortho intramolecular Hbond substituents is 1. The lowest BCUT2D eigenvalue weighted by Gasteiger charge is -2.24. The molecule has 160 valence electrons. The molecule has 4 aromatic rings. The number of likely N-dealkylation sites (N-methyl/N-ethyl adjacent to an activating group) is 1. The Kier molecular flexibility index (Phi) is 6.89. The lowest BCUT2D eigenvalue weighted by Crippen LogP contribution is -3.06. The molecule has 0 saturated carbocycles. The maximum absolute atomic E-state index is 13.2. The van der Waals surface area contributed by atoms with Crippen molar-refractivity contribution >= 4 is 22.6 Å². The molecule has 3 aromatic carbocycles.